The van der Waals surface area contributed by atoms with E-state index >= 15 is 0 Å². The Hall–Kier alpha value is -2.36. The summed E-state index contributed by atoms with van der Waals surface area (Å²) >= 11 is 0. The highest BCUT2D eigenvalue weighted by Crippen LogP contribution is 2.22. The van der Waals surface area contributed by atoms with Gasteiger partial charge in [-0.25, -0.2) is 0 Å². The van der Waals surface area contributed by atoms with Gasteiger partial charge in [-0.1, -0.05) is 44.9 Å². The van der Waals surface area contributed by atoms with Gasteiger partial charge in [0, 0.05) is 25.0 Å². The van der Waals surface area contributed by atoms with Gasteiger partial charge in [0.25, 0.3) is 11.5 Å². The summed E-state index contributed by atoms with van der Waals surface area (Å²) in [4.78, 5) is 28.0. The van der Waals surface area contributed by atoms with Gasteiger partial charge in [0.05, 0.1) is 0 Å². The van der Waals surface area contributed by atoms with Crippen molar-refractivity contribution in [2.24, 2.45) is 5.92 Å². The summed E-state index contributed by atoms with van der Waals surface area (Å²) in [6, 6.07) is 11.4. The highest BCUT2D eigenvalue weighted by Gasteiger charge is 2.23. The minimum absolute atomic E-state index is 0.143. The maximum atomic E-state index is 13.3. The number of fused-ring (bicyclic) bond motifs is 1. The number of aryl methyl sites for hydroxylation is 1. The number of para-hydroxylation sites is 1. The van der Waals surface area contributed by atoms with E-state index in [1.807, 2.05) is 41.0 Å². The standard InChI is InChI=1S/C23H30N2O2/c1-17(2)16-25-21-14-10-5-4-7-11-18(21)15-20(23(25)27)22(26)24(3)19-12-8-6-9-13-19/h6,8-9,12-13,15,17H,4-5,7,10-11,14,16H2,1-3H3. The van der Waals surface area contributed by atoms with Gasteiger partial charge in [-0.3, -0.25) is 9.59 Å². The Morgan fingerprint density at radius 2 is 1.74 bits per heavy atom. The molecule has 4 nitrogen and oxygen atoms in total. The molecule has 1 aliphatic carbocycles. The minimum atomic E-state index is -0.228. The fourth-order valence-electron chi connectivity index (χ4n) is 3.90. The lowest BCUT2D eigenvalue weighted by molar-refractivity contribution is 0.0990. The van der Waals surface area contributed by atoms with Crippen molar-refractivity contribution < 1.29 is 4.79 Å². The first kappa shape index (κ1) is 19.4. The second-order valence-corrected chi connectivity index (χ2v) is 7.95. The number of anilines is 1. The number of pyridine rings is 1. The molecule has 1 aromatic heterocycles. The number of amides is 1. The molecule has 2 aromatic rings. The Kier molecular flexibility index (Phi) is 6.15. The van der Waals surface area contributed by atoms with E-state index in [0.29, 0.717) is 18.0 Å². The zero-order chi connectivity index (χ0) is 19.4. The van der Waals surface area contributed by atoms with Crippen LogP contribution in [0.25, 0.3) is 0 Å². The van der Waals surface area contributed by atoms with Crippen LogP contribution in [0.15, 0.2) is 41.2 Å². The highest BCUT2D eigenvalue weighted by atomic mass is 16.2. The van der Waals surface area contributed by atoms with E-state index in [1.165, 1.54) is 18.4 Å². The number of nitrogens with zero attached hydrogens (tertiary/aromatic N) is 2. The van der Waals surface area contributed by atoms with Crippen LogP contribution >= 0.6 is 0 Å². The molecule has 0 saturated carbocycles. The van der Waals surface area contributed by atoms with E-state index in [-0.39, 0.29) is 11.5 Å². The third-order valence-corrected chi connectivity index (χ3v) is 5.33. The molecule has 1 amide bonds. The van der Waals surface area contributed by atoms with E-state index in [9.17, 15) is 9.59 Å². The first-order chi connectivity index (χ1) is 13.0. The Bertz CT molecular complexity index is 853. The molecule has 27 heavy (non-hydrogen) atoms. The highest BCUT2D eigenvalue weighted by molar-refractivity contribution is 6.05. The lowest BCUT2D eigenvalue weighted by Crippen LogP contribution is -2.37. The maximum absolute atomic E-state index is 13.3. The van der Waals surface area contributed by atoms with Gasteiger partial charge in [-0.15, -0.1) is 0 Å². The lowest BCUT2D eigenvalue weighted by atomic mass is 9.95. The summed E-state index contributed by atoms with van der Waals surface area (Å²) in [6.45, 7) is 4.90. The van der Waals surface area contributed by atoms with E-state index in [4.69, 9.17) is 0 Å². The largest absolute Gasteiger partial charge is 0.311 e. The SMILES string of the molecule is CC(C)Cn1c2c(cc(C(=O)N(C)c3ccccc3)c1=O)CCCCCC2. The van der Waals surface area contributed by atoms with Crippen LogP contribution in [0.3, 0.4) is 0 Å². The molecule has 4 heteroatoms. The van der Waals surface area contributed by atoms with Crippen molar-refractivity contribution in [3.05, 3.63) is 63.6 Å². The predicted molar refractivity (Wildman–Crippen MR) is 111 cm³/mol. The Labute approximate surface area is 161 Å². The number of carbonyl (C=O) groups is 1. The fraction of sp³-hybridized carbons (Fsp3) is 0.478. The average Bonchev–Trinajstić information content (AvgIpc) is 2.64. The molecule has 144 valence electrons. The van der Waals surface area contributed by atoms with Crippen molar-refractivity contribution in [3.8, 4) is 0 Å². The van der Waals surface area contributed by atoms with Gasteiger partial charge < -0.3 is 9.47 Å². The number of hydrogen-bond donors (Lipinski definition) is 0. The predicted octanol–water partition coefficient (Wildman–Crippen LogP) is 4.44. The van der Waals surface area contributed by atoms with Crippen molar-refractivity contribution in [1.82, 2.24) is 4.57 Å². The molecule has 0 saturated heterocycles. The summed E-state index contributed by atoms with van der Waals surface area (Å²) in [5.74, 6) is 0.128. The Morgan fingerprint density at radius 3 is 2.41 bits per heavy atom. The van der Waals surface area contributed by atoms with Crippen LogP contribution in [0.5, 0.6) is 0 Å². The molecule has 1 heterocycles. The molecular formula is C23H30N2O2. The van der Waals surface area contributed by atoms with Gasteiger partial charge in [0.15, 0.2) is 0 Å². The van der Waals surface area contributed by atoms with E-state index in [2.05, 4.69) is 13.8 Å². The molecule has 0 bridgehead atoms. The molecule has 0 radical (unpaired) electrons. The normalized spacial score (nSPS) is 14.4. The first-order valence-electron chi connectivity index (χ1n) is 10.1. The monoisotopic (exact) mass is 366 g/mol. The van der Waals surface area contributed by atoms with Crippen molar-refractivity contribution in [2.75, 3.05) is 11.9 Å². The van der Waals surface area contributed by atoms with Crippen LogP contribution in [0, 0.1) is 5.92 Å². The van der Waals surface area contributed by atoms with Crippen LogP contribution in [0.4, 0.5) is 5.69 Å². The topological polar surface area (TPSA) is 42.3 Å². The Balaban J connectivity index is 2.08. The third-order valence-electron chi connectivity index (χ3n) is 5.33. The summed E-state index contributed by atoms with van der Waals surface area (Å²) in [5, 5.41) is 0. The molecular weight excluding hydrogens is 336 g/mol. The van der Waals surface area contributed by atoms with Crippen LogP contribution in [-0.4, -0.2) is 17.5 Å². The molecule has 1 aliphatic rings. The van der Waals surface area contributed by atoms with E-state index in [1.54, 1.807) is 11.9 Å². The van der Waals surface area contributed by atoms with Crippen LogP contribution in [0.1, 0.15) is 61.1 Å². The maximum Gasteiger partial charge on any atom is 0.263 e. The Morgan fingerprint density at radius 1 is 1.07 bits per heavy atom. The number of rotatable bonds is 4. The fourth-order valence-corrected chi connectivity index (χ4v) is 3.90. The van der Waals surface area contributed by atoms with E-state index in [0.717, 1.165) is 37.1 Å². The van der Waals surface area contributed by atoms with Crippen LogP contribution in [0.2, 0.25) is 0 Å². The number of carbonyl (C=O) groups excluding carboxylic acids is 1. The summed E-state index contributed by atoms with van der Waals surface area (Å²) in [5.41, 5.74) is 3.27. The van der Waals surface area contributed by atoms with Gasteiger partial charge in [-0.2, -0.15) is 0 Å². The number of hydrogen-bond acceptors (Lipinski definition) is 2. The first-order valence-corrected chi connectivity index (χ1v) is 10.1. The molecule has 3 rings (SSSR count). The zero-order valence-electron chi connectivity index (χ0n) is 16.7. The van der Waals surface area contributed by atoms with Gasteiger partial charge in [0.1, 0.15) is 5.56 Å². The van der Waals surface area contributed by atoms with Gasteiger partial charge in [0.2, 0.25) is 0 Å². The molecule has 0 spiro atoms. The molecule has 0 fully saturated rings. The molecule has 0 atom stereocenters. The summed E-state index contributed by atoms with van der Waals surface area (Å²) < 4.78 is 1.89. The minimum Gasteiger partial charge on any atom is -0.311 e. The van der Waals surface area contributed by atoms with E-state index < -0.39 is 0 Å². The van der Waals surface area contributed by atoms with Gasteiger partial charge >= 0.3 is 0 Å². The molecule has 0 aliphatic heterocycles. The van der Waals surface area contributed by atoms with Crippen molar-refractivity contribution >= 4 is 11.6 Å². The number of aromatic nitrogens is 1. The zero-order valence-corrected chi connectivity index (χ0v) is 16.7. The molecule has 0 N–H and O–H groups in total. The quantitative estimate of drug-likeness (QED) is 0.803. The van der Waals surface area contributed by atoms with Crippen LogP contribution in [-0.2, 0) is 19.4 Å². The second-order valence-electron chi connectivity index (χ2n) is 7.95. The summed E-state index contributed by atoms with van der Waals surface area (Å²) in [7, 11) is 1.74. The van der Waals surface area contributed by atoms with Crippen molar-refractivity contribution in [1.29, 1.82) is 0 Å². The lowest BCUT2D eigenvalue weighted by Gasteiger charge is -2.23. The average molecular weight is 367 g/mol. The number of benzene rings is 1. The van der Waals surface area contributed by atoms with Crippen molar-refractivity contribution in [3.63, 3.8) is 0 Å². The summed E-state index contributed by atoms with van der Waals surface area (Å²) in [6.07, 6.45) is 6.54. The van der Waals surface area contributed by atoms with Crippen LogP contribution < -0.4 is 10.5 Å². The third kappa shape index (κ3) is 4.32. The van der Waals surface area contributed by atoms with Gasteiger partial charge in [-0.05, 0) is 55.4 Å². The molecule has 1 aromatic carbocycles. The molecule has 0 unspecified atom stereocenters. The van der Waals surface area contributed by atoms with Crippen molar-refractivity contribution in [2.45, 2.75) is 58.9 Å². The smallest absolute Gasteiger partial charge is 0.263 e. The second kappa shape index (κ2) is 8.55.